The molecule has 0 unspecified atom stereocenters. The Balaban J connectivity index is 3.49. The average Bonchev–Trinajstić information content (AvgIpc) is 2.26. The number of rotatable bonds is 4. The van der Waals surface area contributed by atoms with Crippen LogP contribution in [0.25, 0.3) is 12.2 Å². The van der Waals surface area contributed by atoms with E-state index in [-0.39, 0.29) is 0 Å². The van der Waals surface area contributed by atoms with Crippen molar-refractivity contribution in [2.75, 3.05) is 0 Å². The molecule has 2 nitrogen and oxygen atoms in total. The topological polar surface area (TPSA) is 34.1 Å². The smallest absolute Gasteiger partial charge is 0.150 e. The van der Waals surface area contributed by atoms with Crippen LogP contribution in [0.15, 0.2) is 25.3 Å². The first-order chi connectivity index (χ1) is 6.76. The molecule has 0 saturated carbocycles. The molecular formula is C12H10O2. The van der Waals surface area contributed by atoms with Gasteiger partial charge in [0.15, 0.2) is 12.6 Å². The Bertz CT molecular complexity index is 329. The Kier molecular flexibility index (Phi) is 3.13. The van der Waals surface area contributed by atoms with E-state index in [2.05, 4.69) is 13.2 Å². The van der Waals surface area contributed by atoms with Crippen molar-refractivity contribution in [3.63, 3.8) is 0 Å². The van der Waals surface area contributed by atoms with Gasteiger partial charge in [0.2, 0.25) is 0 Å². The van der Waals surface area contributed by atoms with Gasteiger partial charge in [-0.3, -0.25) is 9.59 Å². The molecule has 0 aromatic heterocycles. The molecule has 0 spiro atoms. The standard InChI is InChI=1S/C12H10O2/c1-3-9-5-12(8-14)10(4-2)6-11(9)7-13/h3-8H,1-2H2. The summed E-state index contributed by atoms with van der Waals surface area (Å²) in [5, 5.41) is 0. The van der Waals surface area contributed by atoms with Gasteiger partial charge < -0.3 is 0 Å². The lowest BCUT2D eigenvalue weighted by Crippen LogP contribution is -1.93. The van der Waals surface area contributed by atoms with Crippen molar-refractivity contribution in [1.29, 1.82) is 0 Å². The number of carbonyl (C=O) groups excluding carboxylic acids is 2. The van der Waals surface area contributed by atoms with Crippen LogP contribution in [0.1, 0.15) is 31.8 Å². The highest BCUT2D eigenvalue weighted by Gasteiger charge is 2.04. The zero-order chi connectivity index (χ0) is 10.6. The number of hydrogen-bond acceptors (Lipinski definition) is 2. The molecular weight excluding hydrogens is 176 g/mol. The molecule has 0 aliphatic rings. The molecule has 0 aliphatic carbocycles. The second-order valence-corrected chi connectivity index (χ2v) is 2.75. The molecule has 0 amide bonds. The summed E-state index contributed by atoms with van der Waals surface area (Å²) in [5.41, 5.74) is 2.35. The largest absolute Gasteiger partial charge is 0.298 e. The first-order valence-electron chi connectivity index (χ1n) is 4.10. The molecule has 2 heteroatoms. The van der Waals surface area contributed by atoms with Crippen molar-refractivity contribution in [2.45, 2.75) is 0 Å². The molecule has 1 aromatic rings. The zero-order valence-electron chi connectivity index (χ0n) is 7.69. The van der Waals surface area contributed by atoms with E-state index in [1.165, 1.54) is 0 Å². The van der Waals surface area contributed by atoms with Crippen molar-refractivity contribution < 1.29 is 9.59 Å². The van der Waals surface area contributed by atoms with E-state index < -0.39 is 0 Å². The van der Waals surface area contributed by atoms with Gasteiger partial charge in [-0.1, -0.05) is 25.3 Å². The fraction of sp³-hybridized carbons (Fsp3) is 0. The molecule has 70 valence electrons. The van der Waals surface area contributed by atoms with Gasteiger partial charge in [0.1, 0.15) is 0 Å². The maximum atomic E-state index is 10.7. The van der Waals surface area contributed by atoms with Gasteiger partial charge in [-0.2, -0.15) is 0 Å². The van der Waals surface area contributed by atoms with Gasteiger partial charge in [-0.15, -0.1) is 0 Å². The van der Waals surface area contributed by atoms with Crippen LogP contribution < -0.4 is 0 Å². The summed E-state index contributed by atoms with van der Waals surface area (Å²) >= 11 is 0. The molecule has 0 heterocycles. The second-order valence-electron chi connectivity index (χ2n) is 2.75. The predicted octanol–water partition coefficient (Wildman–Crippen LogP) is 2.60. The van der Waals surface area contributed by atoms with Crippen molar-refractivity contribution in [3.8, 4) is 0 Å². The highest BCUT2D eigenvalue weighted by Crippen LogP contribution is 2.16. The fourth-order valence-electron chi connectivity index (χ4n) is 1.23. The summed E-state index contributed by atoms with van der Waals surface area (Å²) in [6.45, 7) is 7.14. The summed E-state index contributed by atoms with van der Waals surface area (Å²) in [6.07, 6.45) is 4.56. The Morgan fingerprint density at radius 1 is 0.786 bits per heavy atom. The van der Waals surface area contributed by atoms with Gasteiger partial charge in [-0.25, -0.2) is 0 Å². The third-order valence-electron chi connectivity index (χ3n) is 1.98. The molecule has 0 N–H and O–H groups in total. The Morgan fingerprint density at radius 2 is 1.14 bits per heavy atom. The summed E-state index contributed by atoms with van der Waals surface area (Å²) in [6, 6.07) is 3.25. The van der Waals surface area contributed by atoms with Crippen LogP contribution in [-0.4, -0.2) is 12.6 Å². The van der Waals surface area contributed by atoms with E-state index in [0.717, 1.165) is 12.6 Å². The highest BCUT2D eigenvalue weighted by molar-refractivity contribution is 5.89. The molecule has 0 aliphatic heterocycles. The molecule has 0 bridgehead atoms. The fourth-order valence-corrected chi connectivity index (χ4v) is 1.23. The average molecular weight is 186 g/mol. The SMILES string of the molecule is C=Cc1cc(C=O)c(C=C)cc1C=O. The Morgan fingerprint density at radius 3 is 1.36 bits per heavy atom. The molecule has 0 atom stereocenters. The third-order valence-corrected chi connectivity index (χ3v) is 1.98. The maximum Gasteiger partial charge on any atom is 0.150 e. The number of aldehydes is 2. The van der Waals surface area contributed by atoms with E-state index in [0.29, 0.717) is 22.3 Å². The molecule has 0 saturated heterocycles. The van der Waals surface area contributed by atoms with Crippen molar-refractivity contribution in [1.82, 2.24) is 0 Å². The summed E-state index contributed by atoms with van der Waals surface area (Å²) in [7, 11) is 0. The van der Waals surface area contributed by atoms with Crippen LogP contribution in [-0.2, 0) is 0 Å². The first kappa shape index (κ1) is 10.1. The number of carbonyl (C=O) groups is 2. The molecule has 0 radical (unpaired) electrons. The second kappa shape index (κ2) is 4.33. The summed E-state index contributed by atoms with van der Waals surface area (Å²) in [5.74, 6) is 0. The van der Waals surface area contributed by atoms with Crippen LogP contribution >= 0.6 is 0 Å². The lowest BCUT2D eigenvalue weighted by Gasteiger charge is -2.04. The molecule has 14 heavy (non-hydrogen) atoms. The van der Waals surface area contributed by atoms with Crippen LogP contribution in [0, 0.1) is 0 Å². The number of hydrogen-bond donors (Lipinski definition) is 0. The van der Waals surface area contributed by atoms with E-state index in [4.69, 9.17) is 0 Å². The zero-order valence-corrected chi connectivity index (χ0v) is 7.69. The first-order valence-corrected chi connectivity index (χ1v) is 4.10. The van der Waals surface area contributed by atoms with Crippen LogP contribution in [0.3, 0.4) is 0 Å². The predicted molar refractivity (Wildman–Crippen MR) is 57.4 cm³/mol. The van der Waals surface area contributed by atoms with Crippen LogP contribution in [0.4, 0.5) is 0 Å². The van der Waals surface area contributed by atoms with Crippen molar-refractivity contribution in [2.24, 2.45) is 0 Å². The van der Waals surface area contributed by atoms with Gasteiger partial charge in [0, 0.05) is 11.1 Å². The summed E-state index contributed by atoms with van der Waals surface area (Å²) < 4.78 is 0. The molecule has 0 fully saturated rings. The molecule has 1 aromatic carbocycles. The Labute approximate surface area is 82.6 Å². The minimum absolute atomic E-state index is 0.514. The van der Waals surface area contributed by atoms with Gasteiger partial charge in [-0.05, 0) is 23.3 Å². The normalized spacial score (nSPS) is 9.14. The van der Waals surface area contributed by atoms with Crippen LogP contribution in [0.2, 0.25) is 0 Å². The van der Waals surface area contributed by atoms with E-state index in [1.807, 2.05) is 0 Å². The summed E-state index contributed by atoms with van der Waals surface area (Å²) in [4.78, 5) is 21.4. The van der Waals surface area contributed by atoms with E-state index in [1.54, 1.807) is 24.3 Å². The van der Waals surface area contributed by atoms with E-state index in [9.17, 15) is 9.59 Å². The third kappa shape index (κ3) is 1.69. The number of benzene rings is 1. The lowest BCUT2D eigenvalue weighted by atomic mass is 9.99. The maximum absolute atomic E-state index is 10.7. The van der Waals surface area contributed by atoms with Crippen LogP contribution in [0.5, 0.6) is 0 Å². The van der Waals surface area contributed by atoms with Gasteiger partial charge in [0.25, 0.3) is 0 Å². The van der Waals surface area contributed by atoms with Gasteiger partial charge in [0.05, 0.1) is 0 Å². The highest BCUT2D eigenvalue weighted by atomic mass is 16.1. The van der Waals surface area contributed by atoms with Crippen molar-refractivity contribution >= 4 is 24.7 Å². The lowest BCUT2D eigenvalue weighted by molar-refractivity contribution is 0.111. The quantitative estimate of drug-likeness (QED) is 0.677. The molecule has 1 rings (SSSR count). The monoisotopic (exact) mass is 186 g/mol. The minimum atomic E-state index is 0.514. The van der Waals surface area contributed by atoms with Crippen molar-refractivity contribution in [3.05, 3.63) is 47.5 Å². The van der Waals surface area contributed by atoms with Gasteiger partial charge >= 0.3 is 0 Å². The van der Waals surface area contributed by atoms with E-state index >= 15 is 0 Å². The minimum Gasteiger partial charge on any atom is -0.298 e. The Hall–Kier alpha value is -1.96.